The van der Waals surface area contributed by atoms with Crippen molar-refractivity contribution in [3.05, 3.63) is 82.1 Å². The van der Waals surface area contributed by atoms with E-state index < -0.39 is 5.91 Å². The van der Waals surface area contributed by atoms with Crippen LogP contribution in [0.15, 0.2) is 54.6 Å². The van der Waals surface area contributed by atoms with Crippen molar-refractivity contribution in [2.75, 3.05) is 10.6 Å². The number of nitrogens with one attached hydrogen (secondary N) is 3. The summed E-state index contributed by atoms with van der Waals surface area (Å²) in [5.74, 6) is -0.711. The van der Waals surface area contributed by atoms with Crippen molar-refractivity contribution in [2.45, 2.75) is 13.8 Å². The molecule has 1 aromatic heterocycles. The molecule has 2 amide bonds. The van der Waals surface area contributed by atoms with E-state index in [0.717, 1.165) is 11.3 Å². The lowest BCUT2D eigenvalue weighted by molar-refractivity contribution is -0.112. The Labute approximate surface area is 167 Å². The van der Waals surface area contributed by atoms with Crippen LogP contribution in [0.25, 0.3) is 11.1 Å². The number of hydrogen-bond acceptors (Lipinski definition) is 2. The van der Waals surface area contributed by atoms with Crippen molar-refractivity contribution >= 4 is 45.9 Å². The summed E-state index contributed by atoms with van der Waals surface area (Å²) in [7, 11) is 0. The third-order valence-electron chi connectivity index (χ3n) is 4.67. The third-order valence-corrected chi connectivity index (χ3v) is 5.00. The van der Waals surface area contributed by atoms with E-state index in [1.165, 1.54) is 0 Å². The fourth-order valence-corrected chi connectivity index (χ4v) is 3.64. The van der Waals surface area contributed by atoms with Gasteiger partial charge in [0.15, 0.2) is 0 Å². The second kappa shape index (κ2) is 7.02. The number of rotatable bonds is 3. The highest BCUT2D eigenvalue weighted by Gasteiger charge is 2.32. The van der Waals surface area contributed by atoms with Crippen LogP contribution >= 0.6 is 11.6 Å². The number of anilines is 2. The SMILES string of the molecule is Cc1cc(C)c(/C(C(=O)Nc2ccccc2Cl)=C2/C(=O)Nc3ccccc32)[nH]1. The maximum absolute atomic E-state index is 13.3. The predicted molar refractivity (Wildman–Crippen MR) is 112 cm³/mol. The lowest BCUT2D eigenvalue weighted by Gasteiger charge is -2.13. The van der Waals surface area contributed by atoms with Crippen LogP contribution in [0.2, 0.25) is 5.02 Å². The molecule has 0 aliphatic carbocycles. The lowest BCUT2D eigenvalue weighted by Crippen LogP contribution is -2.18. The fourth-order valence-electron chi connectivity index (χ4n) is 3.45. The number of para-hydroxylation sites is 2. The average molecular weight is 392 g/mol. The van der Waals surface area contributed by atoms with Crippen molar-refractivity contribution in [2.24, 2.45) is 0 Å². The van der Waals surface area contributed by atoms with Crippen molar-refractivity contribution < 1.29 is 9.59 Å². The van der Waals surface area contributed by atoms with Crippen LogP contribution < -0.4 is 10.6 Å². The Balaban J connectivity index is 1.91. The van der Waals surface area contributed by atoms with E-state index in [1.54, 1.807) is 24.3 Å². The molecule has 140 valence electrons. The highest BCUT2D eigenvalue weighted by Crippen LogP contribution is 2.38. The molecule has 3 aromatic rings. The fraction of sp³-hybridized carbons (Fsp3) is 0.0909. The molecule has 1 aliphatic heterocycles. The number of amides is 2. The smallest absolute Gasteiger partial charge is 0.258 e. The molecule has 0 bridgehead atoms. The molecule has 0 radical (unpaired) electrons. The highest BCUT2D eigenvalue weighted by molar-refractivity contribution is 6.47. The van der Waals surface area contributed by atoms with Crippen LogP contribution in [0, 0.1) is 13.8 Å². The van der Waals surface area contributed by atoms with Gasteiger partial charge in [-0.15, -0.1) is 0 Å². The van der Waals surface area contributed by atoms with Crippen LogP contribution in [0.5, 0.6) is 0 Å². The molecular weight excluding hydrogens is 374 g/mol. The molecule has 28 heavy (non-hydrogen) atoms. The summed E-state index contributed by atoms with van der Waals surface area (Å²) in [6.45, 7) is 3.81. The second-order valence-corrected chi connectivity index (χ2v) is 7.10. The molecule has 0 spiro atoms. The second-order valence-electron chi connectivity index (χ2n) is 6.69. The topological polar surface area (TPSA) is 74.0 Å². The van der Waals surface area contributed by atoms with E-state index in [1.807, 2.05) is 44.2 Å². The quantitative estimate of drug-likeness (QED) is 0.562. The van der Waals surface area contributed by atoms with Gasteiger partial charge in [-0.2, -0.15) is 0 Å². The van der Waals surface area contributed by atoms with Gasteiger partial charge in [-0.1, -0.05) is 41.9 Å². The number of aromatic nitrogens is 1. The van der Waals surface area contributed by atoms with Gasteiger partial charge in [0.05, 0.1) is 27.6 Å². The molecule has 5 nitrogen and oxygen atoms in total. The highest BCUT2D eigenvalue weighted by atomic mass is 35.5. The van der Waals surface area contributed by atoms with Crippen molar-refractivity contribution in [1.29, 1.82) is 0 Å². The number of carbonyl (C=O) groups is 2. The van der Waals surface area contributed by atoms with Gasteiger partial charge in [0.2, 0.25) is 0 Å². The first-order chi connectivity index (χ1) is 13.5. The van der Waals surface area contributed by atoms with E-state index in [9.17, 15) is 9.59 Å². The lowest BCUT2D eigenvalue weighted by atomic mass is 9.96. The maximum Gasteiger partial charge on any atom is 0.258 e. The maximum atomic E-state index is 13.3. The van der Waals surface area contributed by atoms with Crippen LogP contribution in [0.4, 0.5) is 11.4 Å². The summed E-state index contributed by atoms with van der Waals surface area (Å²) in [6.07, 6.45) is 0. The molecule has 1 aliphatic rings. The van der Waals surface area contributed by atoms with Gasteiger partial charge >= 0.3 is 0 Å². The van der Waals surface area contributed by atoms with Crippen LogP contribution in [-0.2, 0) is 9.59 Å². The molecular formula is C22H18ClN3O2. The Bertz CT molecular complexity index is 1140. The Kier molecular flexibility index (Phi) is 4.53. The van der Waals surface area contributed by atoms with Gasteiger partial charge in [0.25, 0.3) is 11.8 Å². The molecule has 4 rings (SSSR count). The molecule has 2 aromatic carbocycles. The van der Waals surface area contributed by atoms with E-state index in [2.05, 4.69) is 15.6 Å². The standard InChI is InChI=1S/C22H18ClN3O2/c1-12-11-13(2)24-20(12)19(22(28)26-17-10-6-4-8-15(17)23)18-14-7-3-5-9-16(14)25-21(18)27/h3-11,24H,1-2H3,(H,25,27)(H,26,28)/b19-18-. The summed E-state index contributed by atoms with van der Waals surface area (Å²) in [5.41, 5.74) is 4.89. The minimum Gasteiger partial charge on any atom is -0.358 e. The number of fused-ring (bicyclic) bond motifs is 1. The molecule has 0 unspecified atom stereocenters. The molecule has 6 heteroatoms. The number of aromatic amines is 1. The Morgan fingerprint density at radius 3 is 2.46 bits per heavy atom. The number of benzene rings is 2. The summed E-state index contributed by atoms with van der Waals surface area (Å²) < 4.78 is 0. The van der Waals surface area contributed by atoms with E-state index >= 15 is 0 Å². The summed E-state index contributed by atoms with van der Waals surface area (Å²) in [6, 6.07) is 16.3. The first-order valence-electron chi connectivity index (χ1n) is 8.83. The van der Waals surface area contributed by atoms with Crippen molar-refractivity contribution in [3.63, 3.8) is 0 Å². The van der Waals surface area contributed by atoms with Gasteiger partial charge in [-0.05, 0) is 43.7 Å². The van der Waals surface area contributed by atoms with Crippen molar-refractivity contribution in [3.8, 4) is 0 Å². The Morgan fingerprint density at radius 1 is 1.04 bits per heavy atom. The Morgan fingerprint density at radius 2 is 1.75 bits per heavy atom. The van der Waals surface area contributed by atoms with Crippen LogP contribution in [0.3, 0.4) is 0 Å². The number of H-pyrrole nitrogens is 1. The summed E-state index contributed by atoms with van der Waals surface area (Å²) in [4.78, 5) is 29.4. The zero-order valence-corrected chi connectivity index (χ0v) is 16.1. The molecule has 0 atom stereocenters. The minimum absolute atomic E-state index is 0.285. The van der Waals surface area contributed by atoms with Gasteiger partial charge < -0.3 is 15.6 Å². The van der Waals surface area contributed by atoms with Gasteiger partial charge in [0, 0.05) is 16.9 Å². The zero-order valence-electron chi connectivity index (χ0n) is 15.4. The molecule has 0 saturated heterocycles. The van der Waals surface area contributed by atoms with Crippen LogP contribution in [0.1, 0.15) is 22.5 Å². The van der Waals surface area contributed by atoms with E-state index in [-0.39, 0.29) is 11.5 Å². The van der Waals surface area contributed by atoms with Gasteiger partial charge in [-0.25, -0.2) is 0 Å². The first-order valence-corrected chi connectivity index (χ1v) is 9.21. The van der Waals surface area contributed by atoms with Crippen molar-refractivity contribution in [1.82, 2.24) is 4.98 Å². The molecule has 0 fully saturated rings. The van der Waals surface area contributed by atoms with Crippen LogP contribution in [-0.4, -0.2) is 16.8 Å². The normalized spacial score (nSPS) is 14.5. The number of carbonyl (C=O) groups excluding carboxylic acids is 2. The largest absolute Gasteiger partial charge is 0.358 e. The molecule has 2 heterocycles. The molecule has 0 saturated carbocycles. The Hall–Kier alpha value is -3.31. The van der Waals surface area contributed by atoms with E-state index in [4.69, 9.17) is 11.6 Å². The summed E-state index contributed by atoms with van der Waals surface area (Å²) in [5, 5.41) is 6.11. The number of aryl methyl sites for hydroxylation is 2. The monoisotopic (exact) mass is 391 g/mol. The number of halogens is 1. The third kappa shape index (κ3) is 3.10. The van der Waals surface area contributed by atoms with Gasteiger partial charge in [0.1, 0.15) is 0 Å². The van der Waals surface area contributed by atoms with Gasteiger partial charge in [-0.3, -0.25) is 9.59 Å². The predicted octanol–water partition coefficient (Wildman–Crippen LogP) is 4.79. The number of hydrogen-bond donors (Lipinski definition) is 3. The average Bonchev–Trinajstić information content (AvgIpc) is 3.16. The molecule has 3 N–H and O–H groups in total. The van der Waals surface area contributed by atoms with E-state index in [0.29, 0.717) is 33.2 Å². The summed E-state index contributed by atoms with van der Waals surface area (Å²) >= 11 is 6.21. The zero-order chi connectivity index (χ0) is 19.8. The first kappa shape index (κ1) is 18.1. The minimum atomic E-state index is -0.403.